The Morgan fingerprint density at radius 1 is 1.03 bits per heavy atom. The second kappa shape index (κ2) is 8.75. The van der Waals surface area contributed by atoms with Crippen molar-refractivity contribution in [3.8, 4) is 0 Å². The standard InChI is InChI=1S/C21H24N2O5S/c1-12(2)23-10-9-15-16(11-23)29-19(17(15)21(26)28-4)22-18(24)13-5-7-14(8-6-13)20(25)27-3/h5-8,12H,9-11H2,1-4H3,(H,22,24). The maximum Gasteiger partial charge on any atom is 0.341 e. The zero-order valence-electron chi connectivity index (χ0n) is 16.9. The fraction of sp³-hybridized carbons (Fsp3) is 0.381. The average Bonchev–Trinajstić information content (AvgIpc) is 3.09. The molecule has 2 heterocycles. The molecule has 1 aliphatic heterocycles. The number of hydrogen-bond donors (Lipinski definition) is 1. The lowest BCUT2D eigenvalue weighted by Gasteiger charge is -2.30. The Bertz CT molecular complexity index is 933. The number of rotatable bonds is 5. The molecule has 8 heteroatoms. The van der Waals surface area contributed by atoms with E-state index in [9.17, 15) is 14.4 Å². The molecule has 1 aromatic carbocycles. The molecular weight excluding hydrogens is 392 g/mol. The summed E-state index contributed by atoms with van der Waals surface area (Å²) in [6, 6.07) is 6.56. The van der Waals surface area contributed by atoms with Gasteiger partial charge in [-0.05, 0) is 50.1 Å². The fourth-order valence-corrected chi connectivity index (χ4v) is 4.58. The number of hydrogen-bond acceptors (Lipinski definition) is 7. The molecule has 1 aliphatic rings. The normalized spacial score (nSPS) is 13.7. The summed E-state index contributed by atoms with van der Waals surface area (Å²) in [7, 11) is 2.64. The number of methoxy groups -OCH3 is 2. The van der Waals surface area contributed by atoms with E-state index in [1.54, 1.807) is 12.1 Å². The topological polar surface area (TPSA) is 84.9 Å². The summed E-state index contributed by atoms with van der Waals surface area (Å²) in [5.41, 5.74) is 2.13. The molecule has 2 aromatic rings. The number of carbonyl (C=O) groups is 3. The van der Waals surface area contributed by atoms with Gasteiger partial charge in [-0.25, -0.2) is 9.59 Å². The molecule has 3 rings (SSSR count). The minimum Gasteiger partial charge on any atom is -0.465 e. The SMILES string of the molecule is COC(=O)c1ccc(C(=O)Nc2sc3c(c2C(=O)OC)CCN(C(C)C)C3)cc1. The van der Waals surface area contributed by atoms with Gasteiger partial charge in [0.25, 0.3) is 5.91 Å². The largest absolute Gasteiger partial charge is 0.465 e. The van der Waals surface area contributed by atoms with E-state index in [-0.39, 0.29) is 5.91 Å². The molecule has 0 spiro atoms. The predicted molar refractivity (Wildman–Crippen MR) is 111 cm³/mol. The number of anilines is 1. The summed E-state index contributed by atoms with van der Waals surface area (Å²) in [4.78, 5) is 40.1. The summed E-state index contributed by atoms with van der Waals surface area (Å²) in [6.07, 6.45) is 0.734. The van der Waals surface area contributed by atoms with Crippen LogP contribution in [0.5, 0.6) is 0 Å². The Kier molecular flexibility index (Phi) is 6.34. The van der Waals surface area contributed by atoms with Crippen molar-refractivity contribution in [1.29, 1.82) is 0 Å². The van der Waals surface area contributed by atoms with Crippen molar-refractivity contribution >= 4 is 34.2 Å². The minimum absolute atomic E-state index is 0.356. The molecule has 0 fully saturated rings. The Hall–Kier alpha value is -2.71. The summed E-state index contributed by atoms with van der Waals surface area (Å²) in [6.45, 7) is 5.88. The van der Waals surface area contributed by atoms with Crippen LogP contribution in [0.2, 0.25) is 0 Å². The van der Waals surface area contributed by atoms with E-state index in [1.165, 1.54) is 37.7 Å². The quantitative estimate of drug-likeness (QED) is 0.753. The molecule has 1 N–H and O–H groups in total. The molecule has 1 aromatic heterocycles. The molecule has 0 unspecified atom stereocenters. The molecule has 1 amide bonds. The van der Waals surface area contributed by atoms with Crippen molar-refractivity contribution in [3.63, 3.8) is 0 Å². The Balaban J connectivity index is 1.87. The van der Waals surface area contributed by atoms with Gasteiger partial charge in [0.1, 0.15) is 5.00 Å². The minimum atomic E-state index is -0.467. The number of nitrogens with one attached hydrogen (secondary N) is 1. The van der Waals surface area contributed by atoms with Gasteiger partial charge in [-0.3, -0.25) is 9.69 Å². The number of carbonyl (C=O) groups excluding carboxylic acids is 3. The highest BCUT2D eigenvalue weighted by atomic mass is 32.1. The first-order valence-corrected chi connectivity index (χ1v) is 10.1. The van der Waals surface area contributed by atoms with E-state index >= 15 is 0 Å². The smallest absolute Gasteiger partial charge is 0.341 e. The van der Waals surface area contributed by atoms with Crippen LogP contribution >= 0.6 is 11.3 Å². The van der Waals surface area contributed by atoms with Gasteiger partial charge in [0.15, 0.2) is 0 Å². The first kappa shape index (κ1) is 21.0. The summed E-state index contributed by atoms with van der Waals surface area (Å²) in [5, 5.41) is 3.34. The van der Waals surface area contributed by atoms with Crippen LogP contribution in [0.3, 0.4) is 0 Å². The van der Waals surface area contributed by atoms with Crippen LogP contribution in [-0.4, -0.2) is 49.6 Å². The van der Waals surface area contributed by atoms with E-state index in [0.717, 1.165) is 30.0 Å². The molecule has 0 saturated carbocycles. The molecule has 7 nitrogen and oxygen atoms in total. The number of fused-ring (bicyclic) bond motifs is 1. The van der Waals surface area contributed by atoms with Crippen LogP contribution < -0.4 is 5.32 Å². The molecular formula is C21H24N2O5S. The highest BCUT2D eigenvalue weighted by Crippen LogP contribution is 2.38. The second-order valence-electron chi connectivity index (χ2n) is 7.04. The van der Waals surface area contributed by atoms with Crippen molar-refractivity contribution in [2.24, 2.45) is 0 Å². The molecule has 0 atom stereocenters. The monoisotopic (exact) mass is 416 g/mol. The zero-order chi connectivity index (χ0) is 21.1. The van der Waals surface area contributed by atoms with Crippen molar-refractivity contribution in [1.82, 2.24) is 4.90 Å². The van der Waals surface area contributed by atoms with Gasteiger partial charge in [0.2, 0.25) is 0 Å². The highest BCUT2D eigenvalue weighted by Gasteiger charge is 2.30. The van der Waals surface area contributed by atoms with Crippen LogP contribution in [-0.2, 0) is 22.4 Å². The van der Waals surface area contributed by atoms with Gasteiger partial charge in [-0.2, -0.15) is 0 Å². The third-order valence-corrected chi connectivity index (χ3v) is 6.13. The third-order valence-electron chi connectivity index (χ3n) is 5.00. The van der Waals surface area contributed by atoms with E-state index in [4.69, 9.17) is 4.74 Å². The van der Waals surface area contributed by atoms with Gasteiger partial charge >= 0.3 is 11.9 Å². The molecule has 0 bridgehead atoms. The summed E-state index contributed by atoms with van der Waals surface area (Å²) in [5.74, 6) is -1.27. The lowest BCUT2D eigenvalue weighted by molar-refractivity contribution is 0.0591. The summed E-state index contributed by atoms with van der Waals surface area (Å²) < 4.78 is 9.63. The van der Waals surface area contributed by atoms with Gasteiger partial charge in [0, 0.05) is 29.6 Å². The van der Waals surface area contributed by atoms with Crippen LogP contribution in [0.4, 0.5) is 5.00 Å². The Morgan fingerprint density at radius 3 is 2.24 bits per heavy atom. The lowest BCUT2D eigenvalue weighted by Crippen LogP contribution is -2.35. The van der Waals surface area contributed by atoms with E-state index < -0.39 is 11.9 Å². The number of thiophene rings is 1. The van der Waals surface area contributed by atoms with Crippen molar-refractivity contribution < 1.29 is 23.9 Å². The second-order valence-corrected chi connectivity index (χ2v) is 8.14. The van der Waals surface area contributed by atoms with E-state index in [1.807, 2.05) is 0 Å². The van der Waals surface area contributed by atoms with Crippen LogP contribution in [0.25, 0.3) is 0 Å². The highest BCUT2D eigenvalue weighted by molar-refractivity contribution is 7.17. The molecule has 0 saturated heterocycles. The van der Waals surface area contributed by atoms with E-state index in [0.29, 0.717) is 27.7 Å². The fourth-order valence-electron chi connectivity index (χ4n) is 3.32. The average molecular weight is 416 g/mol. The maximum absolute atomic E-state index is 12.7. The van der Waals surface area contributed by atoms with Crippen LogP contribution in [0.15, 0.2) is 24.3 Å². The molecule has 0 radical (unpaired) electrons. The van der Waals surface area contributed by atoms with Crippen molar-refractivity contribution in [2.75, 3.05) is 26.1 Å². The van der Waals surface area contributed by atoms with Gasteiger partial charge in [0.05, 0.1) is 25.3 Å². The number of nitrogens with zero attached hydrogens (tertiary/aromatic N) is 1. The number of ether oxygens (including phenoxy) is 2. The number of esters is 2. The van der Waals surface area contributed by atoms with Crippen molar-refractivity contribution in [2.45, 2.75) is 32.9 Å². The van der Waals surface area contributed by atoms with Crippen LogP contribution in [0, 0.1) is 0 Å². The predicted octanol–water partition coefficient (Wildman–Crippen LogP) is 3.34. The Labute approximate surface area is 173 Å². The van der Waals surface area contributed by atoms with Gasteiger partial charge in [-0.15, -0.1) is 11.3 Å². The van der Waals surface area contributed by atoms with E-state index in [2.05, 4.69) is 28.8 Å². The molecule has 154 valence electrons. The van der Waals surface area contributed by atoms with Crippen molar-refractivity contribution in [3.05, 3.63) is 51.4 Å². The zero-order valence-corrected chi connectivity index (χ0v) is 17.7. The maximum atomic E-state index is 12.7. The molecule has 29 heavy (non-hydrogen) atoms. The Morgan fingerprint density at radius 2 is 1.66 bits per heavy atom. The summed E-state index contributed by atoms with van der Waals surface area (Å²) >= 11 is 1.41. The van der Waals surface area contributed by atoms with Gasteiger partial charge in [-0.1, -0.05) is 0 Å². The van der Waals surface area contributed by atoms with Crippen LogP contribution in [0.1, 0.15) is 55.4 Å². The molecule has 0 aliphatic carbocycles. The number of benzene rings is 1. The van der Waals surface area contributed by atoms with Gasteiger partial charge < -0.3 is 14.8 Å². The third kappa shape index (κ3) is 4.33. The lowest BCUT2D eigenvalue weighted by atomic mass is 10.0. The first-order chi connectivity index (χ1) is 13.8. The first-order valence-electron chi connectivity index (χ1n) is 9.32. The number of amides is 1.